The molecule has 0 aliphatic rings. The molecule has 36 heteroatoms. The molecule has 0 radical (unpaired) electrons. The molecule has 0 unspecified atom stereocenters. The number of alkyl halides is 26. The lowest BCUT2D eigenvalue weighted by Gasteiger charge is -2.42. The highest BCUT2D eigenvalue weighted by molar-refractivity contribution is 5.36. The zero-order valence-electron chi connectivity index (χ0n) is 28.2. The van der Waals surface area contributed by atoms with E-state index in [1.54, 1.807) is 0 Å². The van der Waals surface area contributed by atoms with Gasteiger partial charge in [0.2, 0.25) is 11.6 Å². The van der Waals surface area contributed by atoms with Gasteiger partial charge in [-0.05, 0) is 0 Å². The fourth-order valence-corrected chi connectivity index (χ4v) is 5.20. The lowest BCUT2D eigenvalue weighted by molar-refractivity contribution is -0.441. The minimum Gasteiger partial charge on any atom is -0.203 e. The molecular formula is C28H6F36. The van der Waals surface area contributed by atoms with Crippen molar-refractivity contribution >= 4 is 0 Å². The fraction of sp³-hybridized carbons (Fsp3) is 0.571. The maximum absolute atomic E-state index is 15.2. The second kappa shape index (κ2) is 15.8. The van der Waals surface area contributed by atoms with Gasteiger partial charge in [0, 0.05) is 35.8 Å². The highest BCUT2D eigenvalue weighted by Gasteiger charge is 2.92. The molecule has 0 spiro atoms. The minimum absolute atomic E-state index is 3.80. The van der Waals surface area contributed by atoms with E-state index in [1.807, 2.05) is 0 Å². The molecule has 0 heterocycles. The summed E-state index contributed by atoms with van der Waals surface area (Å²) in [5.74, 6) is -141. The van der Waals surface area contributed by atoms with Gasteiger partial charge < -0.3 is 0 Å². The van der Waals surface area contributed by atoms with Crippen LogP contribution < -0.4 is 0 Å². The molecule has 0 bridgehead atoms. The topological polar surface area (TPSA) is 0 Å². The monoisotopic (exact) mass is 1030 g/mol. The maximum Gasteiger partial charge on any atom is 0.460 e. The van der Waals surface area contributed by atoms with E-state index in [0.29, 0.717) is 0 Å². The Morgan fingerprint density at radius 3 is 0.547 bits per heavy atom. The van der Waals surface area contributed by atoms with Gasteiger partial charge in [-0.2, -0.15) is 114 Å². The Hall–Kier alpha value is -4.08. The molecule has 0 saturated heterocycles. The average Bonchev–Trinajstić information content (AvgIpc) is 3.12. The molecule has 0 aliphatic carbocycles. The van der Waals surface area contributed by atoms with Crippen molar-refractivity contribution in [2.45, 2.75) is 96.3 Å². The predicted molar refractivity (Wildman–Crippen MR) is 129 cm³/mol. The van der Waals surface area contributed by atoms with Crippen molar-refractivity contribution in [2.75, 3.05) is 0 Å². The van der Waals surface area contributed by atoms with Gasteiger partial charge in [0.15, 0.2) is 46.5 Å². The van der Waals surface area contributed by atoms with Gasteiger partial charge in [-0.15, -0.1) is 0 Å². The minimum atomic E-state index is -9.22. The summed E-state index contributed by atoms with van der Waals surface area (Å²) < 4.78 is 505. The van der Waals surface area contributed by atoms with E-state index in [2.05, 4.69) is 0 Å². The van der Waals surface area contributed by atoms with Crippen molar-refractivity contribution in [2.24, 2.45) is 0 Å². The third-order valence-electron chi connectivity index (χ3n) is 8.66. The first kappa shape index (κ1) is 56.1. The summed E-state index contributed by atoms with van der Waals surface area (Å²) in [7, 11) is 0. The van der Waals surface area contributed by atoms with Crippen molar-refractivity contribution in [1.29, 1.82) is 0 Å². The number of rotatable bonds is 15. The van der Waals surface area contributed by atoms with Gasteiger partial charge in [0.25, 0.3) is 0 Å². The maximum atomic E-state index is 15.2. The van der Waals surface area contributed by atoms with Crippen LogP contribution >= 0.6 is 0 Å². The summed E-state index contributed by atoms with van der Waals surface area (Å²) in [6.45, 7) is 0. The van der Waals surface area contributed by atoms with Crippen LogP contribution in [0.15, 0.2) is 0 Å². The van der Waals surface area contributed by atoms with E-state index in [0.717, 1.165) is 0 Å². The second-order valence-corrected chi connectivity index (χ2v) is 12.6. The van der Waals surface area contributed by atoms with Crippen molar-refractivity contribution in [3.05, 3.63) is 69.3 Å². The first-order valence-electron chi connectivity index (χ1n) is 14.7. The fourth-order valence-electron chi connectivity index (χ4n) is 5.20. The number of benzene rings is 2. The Balaban J connectivity index is 3.38. The predicted octanol–water partition coefficient (Wildman–Crippen LogP) is 14.2. The average molecular weight is 1030 g/mol. The molecular weight excluding hydrogens is 1020 g/mol. The van der Waals surface area contributed by atoms with E-state index in [-0.39, 0.29) is 0 Å². The molecule has 2 rings (SSSR count). The van der Waals surface area contributed by atoms with Crippen LogP contribution in [-0.4, -0.2) is 71.6 Å². The first-order valence-corrected chi connectivity index (χ1v) is 14.7. The Bertz CT molecular complexity index is 1880. The van der Waals surface area contributed by atoms with Gasteiger partial charge >= 0.3 is 71.6 Å². The molecule has 2 aromatic carbocycles. The molecule has 0 nitrogen and oxygen atoms in total. The smallest absolute Gasteiger partial charge is 0.203 e. The summed E-state index contributed by atoms with van der Waals surface area (Å²) in [6, 6.07) is 0. The SMILES string of the molecule is Fc1c(F)c(F)c([C@@H](CC(F)(F)C(F)(F)C(F)(F)C(F)(F)C(F)(F)C(F)(F)F)[C@@H](CC(F)(F)C(F)(F)C(F)(F)C(F)(F)C(F)(F)C(F)(F)F)c2c(F)c(F)c(F)c(F)c2F)c(F)c1F. The van der Waals surface area contributed by atoms with E-state index in [1.165, 1.54) is 0 Å². The second-order valence-electron chi connectivity index (χ2n) is 12.6. The molecule has 0 saturated carbocycles. The lowest BCUT2D eigenvalue weighted by Crippen LogP contribution is -2.70. The summed E-state index contributed by atoms with van der Waals surface area (Å²) >= 11 is 0. The summed E-state index contributed by atoms with van der Waals surface area (Å²) in [4.78, 5) is 0. The molecule has 0 aromatic heterocycles. The number of hydrogen-bond acceptors (Lipinski definition) is 0. The molecule has 2 aromatic rings. The Labute approximate surface area is 324 Å². The molecule has 0 aliphatic heterocycles. The Kier molecular flexibility index (Phi) is 13.8. The van der Waals surface area contributed by atoms with Crippen LogP contribution in [0.4, 0.5) is 158 Å². The van der Waals surface area contributed by atoms with Crippen molar-refractivity contribution < 1.29 is 158 Å². The van der Waals surface area contributed by atoms with Crippen LogP contribution in [-0.2, 0) is 0 Å². The highest BCUT2D eigenvalue weighted by Crippen LogP contribution is 2.65. The molecule has 0 fully saturated rings. The van der Waals surface area contributed by atoms with Crippen LogP contribution in [0, 0.1) is 58.2 Å². The van der Waals surface area contributed by atoms with Gasteiger partial charge in [-0.25, -0.2) is 43.9 Å². The van der Waals surface area contributed by atoms with Crippen LogP contribution in [0.25, 0.3) is 0 Å². The van der Waals surface area contributed by atoms with Gasteiger partial charge in [-0.1, -0.05) is 0 Å². The standard InChI is InChI=1S/C28H6F36/c29-7-5(8(30)12(34)15(37)11(7)33)3(1-17(39,40)19(43,44)21(47,48)23(51,52)25(55,56)27(59,60)61)4(6-9(31)13(35)16(38)14(36)10(6)32)2-18(41,42)20(45,46)22(49,50)24(53,54)26(57,58)28(62,63)64/h3-4H,1-2H2/t3-,4+. The summed E-state index contributed by atoms with van der Waals surface area (Å²) in [5.41, 5.74) is -8.26. The summed E-state index contributed by atoms with van der Waals surface area (Å²) in [5, 5.41) is 0. The third kappa shape index (κ3) is 7.72. The number of halogens is 36. The van der Waals surface area contributed by atoms with Crippen LogP contribution in [0.1, 0.15) is 35.8 Å². The largest absolute Gasteiger partial charge is 0.460 e. The van der Waals surface area contributed by atoms with E-state index < -0.39 is 166 Å². The molecule has 0 amide bonds. The zero-order chi connectivity index (χ0) is 51.5. The van der Waals surface area contributed by atoms with Crippen molar-refractivity contribution in [3.63, 3.8) is 0 Å². The summed E-state index contributed by atoms with van der Waals surface area (Å²) in [6.07, 6.45) is -26.8. The van der Waals surface area contributed by atoms with E-state index in [9.17, 15) is 123 Å². The molecule has 370 valence electrons. The normalized spacial score (nSPS) is 16.1. The molecule has 0 N–H and O–H groups in total. The number of hydrogen-bond donors (Lipinski definition) is 0. The van der Waals surface area contributed by atoms with Crippen LogP contribution in [0.3, 0.4) is 0 Å². The molecule has 2 atom stereocenters. The van der Waals surface area contributed by atoms with Gasteiger partial charge in [-0.3, -0.25) is 0 Å². The van der Waals surface area contributed by atoms with Gasteiger partial charge in [0.1, 0.15) is 0 Å². The Morgan fingerprint density at radius 2 is 0.375 bits per heavy atom. The lowest BCUT2D eigenvalue weighted by atomic mass is 9.72. The highest BCUT2D eigenvalue weighted by atomic mass is 19.4. The van der Waals surface area contributed by atoms with Crippen LogP contribution in [0.2, 0.25) is 0 Å². The van der Waals surface area contributed by atoms with Gasteiger partial charge in [0.05, 0.1) is 0 Å². The van der Waals surface area contributed by atoms with E-state index in [4.69, 9.17) is 0 Å². The Morgan fingerprint density at radius 1 is 0.219 bits per heavy atom. The zero-order valence-corrected chi connectivity index (χ0v) is 28.2. The molecule has 64 heavy (non-hydrogen) atoms. The quantitative estimate of drug-likeness (QED) is 0.0947. The third-order valence-corrected chi connectivity index (χ3v) is 8.66. The van der Waals surface area contributed by atoms with E-state index >= 15 is 35.1 Å². The van der Waals surface area contributed by atoms with Crippen molar-refractivity contribution in [3.8, 4) is 0 Å². The first-order chi connectivity index (χ1) is 27.8. The van der Waals surface area contributed by atoms with Crippen LogP contribution in [0.5, 0.6) is 0 Å². The van der Waals surface area contributed by atoms with Crippen molar-refractivity contribution in [1.82, 2.24) is 0 Å².